The predicted molar refractivity (Wildman–Crippen MR) is 88.9 cm³/mol. The molecule has 0 aliphatic carbocycles. The molecule has 1 aliphatic heterocycles. The zero-order valence-corrected chi connectivity index (χ0v) is 14.3. The van der Waals surface area contributed by atoms with Gasteiger partial charge >= 0.3 is 0 Å². The molecule has 25 heavy (non-hydrogen) atoms. The van der Waals surface area contributed by atoms with E-state index in [0.717, 1.165) is 0 Å². The summed E-state index contributed by atoms with van der Waals surface area (Å²) < 4.78 is 10.5. The SMILES string of the molecule is O=C([O-])C[C@H](NC(=O)c1ccc(Cl)cc1Cl)c1ccc2c(c1)OCO2. The molecule has 0 saturated carbocycles. The number of benzene rings is 2. The van der Waals surface area contributed by atoms with Crippen molar-refractivity contribution in [3.05, 3.63) is 57.6 Å². The first-order chi connectivity index (χ1) is 11.9. The number of halogens is 2. The lowest BCUT2D eigenvalue weighted by molar-refractivity contribution is -0.306. The van der Waals surface area contributed by atoms with Gasteiger partial charge in [0.2, 0.25) is 6.79 Å². The highest BCUT2D eigenvalue weighted by atomic mass is 35.5. The third-order valence-corrected chi connectivity index (χ3v) is 4.20. The van der Waals surface area contributed by atoms with Crippen molar-refractivity contribution in [3.8, 4) is 11.5 Å². The van der Waals surface area contributed by atoms with Gasteiger partial charge in [0, 0.05) is 17.4 Å². The van der Waals surface area contributed by atoms with Crippen molar-refractivity contribution in [3.63, 3.8) is 0 Å². The summed E-state index contributed by atoms with van der Waals surface area (Å²) >= 11 is 11.8. The van der Waals surface area contributed by atoms with Gasteiger partial charge in [-0.25, -0.2) is 0 Å². The maximum atomic E-state index is 12.5. The minimum atomic E-state index is -1.30. The Labute approximate surface area is 153 Å². The fourth-order valence-corrected chi connectivity index (χ4v) is 2.95. The summed E-state index contributed by atoms with van der Waals surface area (Å²) in [6.07, 6.45) is -0.406. The average Bonchev–Trinajstić information content (AvgIpc) is 3.01. The number of hydrogen-bond donors (Lipinski definition) is 1. The molecular formula is C17H12Cl2NO5-. The number of fused-ring (bicyclic) bond motifs is 1. The number of nitrogens with one attached hydrogen (secondary N) is 1. The molecule has 0 spiro atoms. The van der Waals surface area contributed by atoms with Gasteiger partial charge in [0.25, 0.3) is 5.91 Å². The quantitative estimate of drug-likeness (QED) is 0.859. The van der Waals surface area contributed by atoms with Crippen LogP contribution in [0.2, 0.25) is 10.0 Å². The summed E-state index contributed by atoms with van der Waals surface area (Å²) in [5, 5.41) is 14.3. The second kappa shape index (κ2) is 7.21. The van der Waals surface area contributed by atoms with E-state index in [4.69, 9.17) is 32.7 Å². The number of carbonyl (C=O) groups excluding carboxylic acids is 2. The highest BCUT2D eigenvalue weighted by Gasteiger charge is 2.21. The van der Waals surface area contributed by atoms with E-state index in [1.807, 2.05) is 0 Å². The smallest absolute Gasteiger partial charge is 0.253 e. The lowest BCUT2D eigenvalue weighted by atomic mass is 10.0. The van der Waals surface area contributed by atoms with Gasteiger partial charge in [-0.2, -0.15) is 0 Å². The topological polar surface area (TPSA) is 87.7 Å². The first kappa shape index (κ1) is 17.4. The number of hydrogen-bond acceptors (Lipinski definition) is 5. The second-order valence-electron chi connectivity index (χ2n) is 5.34. The van der Waals surface area contributed by atoms with Gasteiger partial charge in [-0.15, -0.1) is 0 Å². The number of amides is 1. The first-order valence-electron chi connectivity index (χ1n) is 7.29. The first-order valence-corrected chi connectivity index (χ1v) is 8.05. The van der Waals surface area contributed by atoms with Gasteiger partial charge < -0.3 is 24.7 Å². The lowest BCUT2D eigenvalue weighted by Gasteiger charge is -2.20. The van der Waals surface area contributed by atoms with Crippen molar-refractivity contribution in [2.75, 3.05) is 6.79 Å². The van der Waals surface area contributed by atoms with E-state index in [2.05, 4.69) is 5.32 Å². The van der Waals surface area contributed by atoms with Crippen LogP contribution in [0.5, 0.6) is 11.5 Å². The number of rotatable bonds is 5. The van der Waals surface area contributed by atoms with Gasteiger partial charge in [0.05, 0.1) is 16.6 Å². The Balaban J connectivity index is 1.86. The van der Waals surface area contributed by atoms with Crippen LogP contribution in [-0.2, 0) is 4.79 Å². The summed E-state index contributed by atoms with van der Waals surface area (Å²) in [7, 11) is 0. The monoisotopic (exact) mass is 380 g/mol. The van der Waals surface area contributed by atoms with Crippen molar-refractivity contribution >= 4 is 35.1 Å². The molecule has 130 valence electrons. The number of carbonyl (C=O) groups is 2. The Bertz CT molecular complexity index is 840. The van der Waals surface area contributed by atoms with Crippen LogP contribution >= 0.6 is 23.2 Å². The summed E-state index contributed by atoms with van der Waals surface area (Å²) in [6, 6.07) is 8.55. The van der Waals surface area contributed by atoms with Crippen LogP contribution in [0, 0.1) is 0 Å². The number of aliphatic carboxylic acids is 1. The van der Waals surface area contributed by atoms with E-state index in [-0.39, 0.29) is 17.4 Å². The minimum absolute atomic E-state index is 0.0939. The largest absolute Gasteiger partial charge is 0.550 e. The molecule has 1 N–H and O–H groups in total. The molecule has 0 fully saturated rings. The molecule has 2 aromatic rings. The van der Waals surface area contributed by atoms with E-state index >= 15 is 0 Å². The molecule has 8 heteroatoms. The van der Waals surface area contributed by atoms with Gasteiger partial charge in [0.1, 0.15) is 0 Å². The molecule has 1 amide bonds. The maximum Gasteiger partial charge on any atom is 0.253 e. The normalized spacial score (nSPS) is 13.4. The minimum Gasteiger partial charge on any atom is -0.550 e. The van der Waals surface area contributed by atoms with E-state index < -0.39 is 24.3 Å². The Hall–Kier alpha value is -2.44. The Kier molecular flexibility index (Phi) is 5.01. The van der Waals surface area contributed by atoms with Crippen LogP contribution in [-0.4, -0.2) is 18.7 Å². The molecule has 1 aliphatic rings. The van der Waals surface area contributed by atoms with E-state index in [0.29, 0.717) is 22.1 Å². The predicted octanol–water partition coefficient (Wildman–Crippen LogP) is 2.33. The molecule has 1 atom stereocenters. The van der Waals surface area contributed by atoms with Crippen molar-refractivity contribution in [1.82, 2.24) is 5.32 Å². The van der Waals surface area contributed by atoms with Gasteiger partial charge in [-0.1, -0.05) is 29.3 Å². The van der Waals surface area contributed by atoms with Crippen LogP contribution in [0.1, 0.15) is 28.4 Å². The Morgan fingerprint density at radius 1 is 1.12 bits per heavy atom. The number of ether oxygens (including phenoxy) is 2. The molecule has 3 rings (SSSR count). The van der Waals surface area contributed by atoms with Gasteiger partial charge in [-0.3, -0.25) is 4.79 Å². The second-order valence-corrected chi connectivity index (χ2v) is 6.18. The molecule has 2 aromatic carbocycles. The fraction of sp³-hybridized carbons (Fsp3) is 0.176. The van der Waals surface area contributed by atoms with Crippen LogP contribution in [0.3, 0.4) is 0 Å². The Morgan fingerprint density at radius 2 is 1.88 bits per heavy atom. The highest BCUT2D eigenvalue weighted by molar-refractivity contribution is 6.36. The van der Waals surface area contributed by atoms with Gasteiger partial charge in [-0.05, 0) is 35.9 Å². The molecular weight excluding hydrogens is 369 g/mol. The Morgan fingerprint density at radius 3 is 2.60 bits per heavy atom. The van der Waals surface area contributed by atoms with Crippen LogP contribution in [0.15, 0.2) is 36.4 Å². The molecule has 1 heterocycles. The zero-order valence-electron chi connectivity index (χ0n) is 12.8. The summed E-state index contributed by atoms with van der Waals surface area (Å²) in [6.45, 7) is 0.0939. The van der Waals surface area contributed by atoms with Crippen LogP contribution < -0.4 is 19.9 Å². The van der Waals surface area contributed by atoms with E-state index in [1.54, 1.807) is 18.2 Å². The lowest BCUT2D eigenvalue weighted by Crippen LogP contribution is -2.34. The highest BCUT2D eigenvalue weighted by Crippen LogP contribution is 2.35. The molecule has 0 bridgehead atoms. The van der Waals surface area contributed by atoms with Crippen LogP contribution in [0.25, 0.3) is 0 Å². The average molecular weight is 381 g/mol. The number of carboxylic acids is 1. The van der Waals surface area contributed by atoms with Crippen molar-refractivity contribution in [2.24, 2.45) is 0 Å². The third-order valence-electron chi connectivity index (χ3n) is 3.65. The standard InChI is InChI=1S/C17H13Cl2NO5/c18-10-2-3-11(12(19)6-10)17(23)20-13(7-16(21)22)9-1-4-14-15(5-9)25-8-24-14/h1-6,13H,7-8H2,(H,20,23)(H,21,22)/p-1/t13-/m0/s1. The molecule has 6 nitrogen and oxygen atoms in total. The molecule has 0 unspecified atom stereocenters. The van der Waals surface area contributed by atoms with Crippen molar-refractivity contribution in [1.29, 1.82) is 0 Å². The maximum absolute atomic E-state index is 12.5. The van der Waals surface area contributed by atoms with Crippen molar-refractivity contribution in [2.45, 2.75) is 12.5 Å². The zero-order chi connectivity index (χ0) is 18.0. The van der Waals surface area contributed by atoms with Crippen LogP contribution in [0.4, 0.5) is 0 Å². The van der Waals surface area contributed by atoms with E-state index in [9.17, 15) is 14.7 Å². The van der Waals surface area contributed by atoms with Gasteiger partial charge in [0.15, 0.2) is 11.5 Å². The summed E-state index contributed by atoms with van der Waals surface area (Å²) in [5.41, 5.74) is 0.738. The number of carboxylic acid groups (broad SMARTS) is 1. The van der Waals surface area contributed by atoms with E-state index in [1.165, 1.54) is 18.2 Å². The summed E-state index contributed by atoms with van der Waals surface area (Å²) in [5.74, 6) is -0.779. The third kappa shape index (κ3) is 3.97. The molecule has 0 saturated heterocycles. The molecule has 0 radical (unpaired) electrons. The summed E-state index contributed by atoms with van der Waals surface area (Å²) in [4.78, 5) is 23.6. The fourth-order valence-electron chi connectivity index (χ4n) is 2.46. The molecule has 0 aromatic heterocycles. The van der Waals surface area contributed by atoms with Crippen molar-refractivity contribution < 1.29 is 24.2 Å².